The van der Waals surface area contributed by atoms with E-state index in [2.05, 4.69) is 22.3 Å². The molecule has 188 valence electrons. The van der Waals surface area contributed by atoms with Gasteiger partial charge in [0.1, 0.15) is 5.78 Å². The van der Waals surface area contributed by atoms with E-state index in [0.29, 0.717) is 38.3 Å². The van der Waals surface area contributed by atoms with Gasteiger partial charge in [-0.3, -0.25) is 4.79 Å². The molecule has 36 heavy (non-hydrogen) atoms. The van der Waals surface area contributed by atoms with Crippen LogP contribution in [0.4, 0.5) is 15.6 Å². The van der Waals surface area contributed by atoms with Gasteiger partial charge in [0.05, 0.1) is 5.41 Å². The van der Waals surface area contributed by atoms with Crippen molar-refractivity contribution < 1.29 is 9.59 Å². The van der Waals surface area contributed by atoms with E-state index in [1.165, 1.54) is 22.0 Å². The molecule has 1 saturated carbocycles. The molecule has 0 atom stereocenters. The SMILES string of the molecule is CSc1ccc(NC(=O)N2CCCN(c3nc(C4(c5ccccc5)CCC(=O)CC4)ns3)CC2)cc1. The average Bonchev–Trinajstić information content (AvgIpc) is 3.28. The van der Waals surface area contributed by atoms with Crippen LogP contribution in [0.1, 0.15) is 43.5 Å². The Bertz CT molecular complexity index is 1190. The zero-order valence-corrected chi connectivity index (χ0v) is 22.1. The molecular formula is C27H31N5O2S2. The number of carbonyl (C=O) groups is 2. The molecule has 2 aliphatic rings. The first kappa shape index (κ1) is 24.8. The molecule has 9 heteroatoms. The van der Waals surface area contributed by atoms with Crippen LogP contribution >= 0.6 is 23.3 Å². The minimum Gasteiger partial charge on any atom is -0.345 e. The molecule has 2 aromatic carbocycles. The fourth-order valence-electron chi connectivity index (χ4n) is 5.08. The number of ketones is 1. The Hall–Kier alpha value is -2.91. The molecule has 5 rings (SSSR count). The zero-order chi connectivity index (χ0) is 25.0. The highest BCUT2D eigenvalue weighted by molar-refractivity contribution is 7.98. The normalized spacial score (nSPS) is 18.1. The molecule has 2 heterocycles. The van der Waals surface area contributed by atoms with Crippen molar-refractivity contribution in [2.45, 2.75) is 42.4 Å². The lowest BCUT2D eigenvalue weighted by Gasteiger charge is -2.35. The summed E-state index contributed by atoms with van der Waals surface area (Å²) < 4.78 is 4.83. The Kier molecular flexibility index (Phi) is 7.57. The van der Waals surface area contributed by atoms with Crippen molar-refractivity contribution in [3.05, 3.63) is 66.0 Å². The Labute approximate surface area is 220 Å². The summed E-state index contributed by atoms with van der Waals surface area (Å²) in [6.07, 6.45) is 5.53. The van der Waals surface area contributed by atoms with Gasteiger partial charge in [-0.25, -0.2) is 9.78 Å². The van der Waals surface area contributed by atoms with Gasteiger partial charge in [0.2, 0.25) is 5.13 Å². The number of urea groups is 1. The van der Waals surface area contributed by atoms with Gasteiger partial charge in [0, 0.05) is 61.1 Å². The number of aromatic nitrogens is 2. The van der Waals surface area contributed by atoms with E-state index in [4.69, 9.17) is 9.36 Å². The van der Waals surface area contributed by atoms with Crippen molar-refractivity contribution >= 4 is 45.9 Å². The molecule has 7 nitrogen and oxygen atoms in total. The minimum atomic E-state index is -0.312. The lowest BCUT2D eigenvalue weighted by Crippen LogP contribution is -2.38. The standard InChI is InChI=1S/C27H31N5O2S2/c1-35-23-10-8-21(9-11-23)28-25(34)31-16-5-17-32(19-18-31)26-29-24(30-36-26)27(14-12-22(33)13-15-27)20-6-3-2-4-7-20/h2-4,6-11H,5,12-19H2,1H3,(H,28,34). The molecule has 1 saturated heterocycles. The lowest BCUT2D eigenvalue weighted by atomic mass is 9.68. The summed E-state index contributed by atoms with van der Waals surface area (Å²) in [6, 6.07) is 18.2. The third kappa shape index (κ3) is 5.27. The van der Waals surface area contributed by atoms with Gasteiger partial charge in [-0.05, 0) is 55.3 Å². The maximum atomic E-state index is 12.9. The largest absolute Gasteiger partial charge is 0.345 e. The van der Waals surface area contributed by atoms with Crippen LogP contribution in [-0.4, -0.2) is 58.5 Å². The molecular weight excluding hydrogens is 490 g/mol. The Balaban J connectivity index is 1.27. The van der Waals surface area contributed by atoms with Crippen LogP contribution in [0.15, 0.2) is 59.5 Å². The van der Waals surface area contributed by atoms with Crippen molar-refractivity contribution in [3.8, 4) is 0 Å². The number of thioether (sulfide) groups is 1. The first-order valence-corrected chi connectivity index (χ1v) is 14.4. The highest BCUT2D eigenvalue weighted by atomic mass is 32.2. The number of nitrogens with zero attached hydrogens (tertiary/aromatic N) is 4. The Morgan fingerprint density at radius 2 is 1.75 bits per heavy atom. The van der Waals surface area contributed by atoms with Gasteiger partial charge in [-0.1, -0.05) is 30.3 Å². The van der Waals surface area contributed by atoms with Crippen LogP contribution in [0.5, 0.6) is 0 Å². The number of carbonyl (C=O) groups excluding carboxylic acids is 2. The maximum absolute atomic E-state index is 12.9. The monoisotopic (exact) mass is 521 g/mol. The van der Waals surface area contributed by atoms with E-state index >= 15 is 0 Å². The van der Waals surface area contributed by atoms with Gasteiger partial charge in [0.25, 0.3) is 0 Å². The molecule has 1 aromatic heterocycles. The molecule has 1 aliphatic carbocycles. The van der Waals surface area contributed by atoms with Crippen LogP contribution in [0.3, 0.4) is 0 Å². The maximum Gasteiger partial charge on any atom is 0.321 e. The quantitative estimate of drug-likeness (QED) is 0.451. The fraction of sp³-hybridized carbons (Fsp3) is 0.407. The summed E-state index contributed by atoms with van der Waals surface area (Å²) in [5, 5.41) is 3.92. The van der Waals surface area contributed by atoms with Gasteiger partial charge >= 0.3 is 6.03 Å². The number of nitrogens with one attached hydrogen (secondary N) is 1. The second-order valence-corrected chi connectivity index (χ2v) is 11.0. The van der Waals surface area contributed by atoms with Crippen molar-refractivity contribution in [1.82, 2.24) is 14.3 Å². The van der Waals surface area contributed by atoms with Gasteiger partial charge in [0.15, 0.2) is 5.82 Å². The molecule has 0 unspecified atom stereocenters. The average molecular weight is 522 g/mol. The lowest BCUT2D eigenvalue weighted by molar-refractivity contribution is -0.121. The number of rotatable bonds is 5. The van der Waals surface area contributed by atoms with Crippen LogP contribution in [-0.2, 0) is 10.2 Å². The van der Waals surface area contributed by atoms with Crippen LogP contribution in [0, 0.1) is 0 Å². The number of anilines is 2. The molecule has 0 bridgehead atoms. The molecule has 2 fully saturated rings. The number of Topliss-reactive ketones (excluding diaryl/α,β-unsaturated/α-hetero) is 1. The second-order valence-electron chi connectivity index (χ2n) is 9.37. The van der Waals surface area contributed by atoms with Crippen molar-refractivity contribution in [3.63, 3.8) is 0 Å². The number of hydrogen-bond acceptors (Lipinski definition) is 7. The van der Waals surface area contributed by atoms with E-state index in [1.54, 1.807) is 11.8 Å². The van der Waals surface area contributed by atoms with E-state index in [-0.39, 0.29) is 11.4 Å². The topological polar surface area (TPSA) is 78.4 Å². The van der Waals surface area contributed by atoms with Crippen molar-refractivity contribution in [2.24, 2.45) is 0 Å². The van der Waals surface area contributed by atoms with Crippen molar-refractivity contribution in [2.75, 3.05) is 42.7 Å². The fourth-order valence-corrected chi connectivity index (χ4v) is 6.30. The third-order valence-corrected chi connectivity index (χ3v) is 8.75. The molecule has 0 spiro atoms. The first-order chi connectivity index (χ1) is 17.6. The predicted molar refractivity (Wildman–Crippen MR) is 146 cm³/mol. The number of amides is 2. The number of hydrogen-bond donors (Lipinski definition) is 1. The summed E-state index contributed by atoms with van der Waals surface area (Å²) in [7, 11) is 0. The molecule has 1 aliphatic heterocycles. The third-order valence-electron chi connectivity index (χ3n) is 7.23. The van der Waals surface area contributed by atoms with E-state index in [0.717, 1.165) is 42.5 Å². The summed E-state index contributed by atoms with van der Waals surface area (Å²) in [4.78, 5) is 35.3. The highest BCUT2D eigenvalue weighted by Gasteiger charge is 2.41. The zero-order valence-electron chi connectivity index (χ0n) is 20.5. The smallest absolute Gasteiger partial charge is 0.321 e. The Morgan fingerprint density at radius 1 is 1.00 bits per heavy atom. The number of benzene rings is 2. The summed E-state index contributed by atoms with van der Waals surface area (Å²) in [5.41, 5.74) is 1.68. The first-order valence-electron chi connectivity index (χ1n) is 12.4. The van der Waals surface area contributed by atoms with E-state index in [1.807, 2.05) is 53.6 Å². The van der Waals surface area contributed by atoms with E-state index in [9.17, 15) is 9.59 Å². The van der Waals surface area contributed by atoms with Crippen molar-refractivity contribution in [1.29, 1.82) is 0 Å². The van der Waals surface area contributed by atoms with Gasteiger partial charge in [-0.15, -0.1) is 11.8 Å². The molecule has 1 N–H and O–H groups in total. The molecule has 0 radical (unpaired) electrons. The summed E-state index contributed by atoms with van der Waals surface area (Å²) in [5.74, 6) is 1.15. The molecule has 2 amide bonds. The van der Waals surface area contributed by atoms with Gasteiger partial charge in [-0.2, -0.15) is 4.37 Å². The molecule has 3 aromatic rings. The van der Waals surface area contributed by atoms with Gasteiger partial charge < -0.3 is 15.1 Å². The Morgan fingerprint density at radius 3 is 2.47 bits per heavy atom. The van der Waals surface area contributed by atoms with Crippen LogP contribution < -0.4 is 10.2 Å². The minimum absolute atomic E-state index is 0.0680. The van der Waals surface area contributed by atoms with Crippen LogP contribution in [0.2, 0.25) is 0 Å². The second kappa shape index (κ2) is 11.0. The van der Waals surface area contributed by atoms with Crippen LogP contribution in [0.25, 0.3) is 0 Å². The summed E-state index contributed by atoms with van der Waals surface area (Å²) in [6.45, 7) is 2.87. The highest BCUT2D eigenvalue weighted by Crippen LogP contribution is 2.43. The predicted octanol–water partition coefficient (Wildman–Crippen LogP) is 5.43. The summed E-state index contributed by atoms with van der Waals surface area (Å²) >= 11 is 3.11. The van der Waals surface area contributed by atoms with E-state index < -0.39 is 0 Å².